The third kappa shape index (κ3) is 4.33. The molecule has 0 spiro atoms. The zero-order chi connectivity index (χ0) is 22.7. The minimum atomic E-state index is -3.55. The minimum Gasteiger partial charge on any atom is -0.352 e. The van der Waals surface area contributed by atoms with Crippen molar-refractivity contribution < 1.29 is 13.2 Å². The van der Waals surface area contributed by atoms with Crippen LogP contribution in [0.3, 0.4) is 0 Å². The highest BCUT2D eigenvalue weighted by Gasteiger charge is 2.31. The number of nitriles is 1. The number of nitrogens with zero attached hydrogens (tertiary/aromatic N) is 5. The molecule has 2 aliphatic heterocycles. The SMILES string of the molecule is CC1CCCCN1S(=O)(=O)c1ccc(C(=O)N2CCN(c3ncccc3C#N)CC2)cc1. The van der Waals surface area contributed by atoms with Crippen LogP contribution in [0.15, 0.2) is 47.5 Å². The lowest BCUT2D eigenvalue weighted by molar-refractivity contribution is 0.0746. The molecule has 9 heteroatoms. The van der Waals surface area contributed by atoms with Crippen molar-refractivity contribution in [2.24, 2.45) is 0 Å². The van der Waals surface area contributed by atoms with Gasteiger partial charge in [-0.25, -0.2) is 13.4 Å². The predicted molar refractivity (Wildman–Crippen MR) is 121 cm³/mol. The van der Waals surface area contributed by atoms with Gasteiger partial charge in [0.05, 0.1) is 10.5 Å². The Labute approximate surface area is 189 Å². The Morgan fingerprint density at radius 2 is 1.78 bits per heavy atom. The number of amides is 1. The van der Waals surface area contributed by atoms with Gasteiger partial charge in [-0.15, -0.1) is 0 Å². The zero-order valence-electron chi connectivity index (χ0n) is 18.1. The number of carbonyl (C=O) groups is 1. The number of hydrogen-bond donors (Lipinski definition) is 0. The molecule has 0 saturated carbocycles. The van der Waals surface area contributed by atoms with Crippen LogP contribution >= 0.6 is 0 Å². The number of carbonyl (C=O) groups excluding carboxylic acids is 1. The first kappa shape index (κ1) is 22.2. The molecule has 168 valence electrons. The van der Waals surface area contributed by atoms with Crippen LogP contribution in [0.1, 0.15) is 42.1 Å². The molecule has 1 unspecified atom stereocenters. The molecule has 2 aliphatic rings. The number of rotatable bonds is 4. The van der Waals surface area contributed by atoms with Crippen LogP contribution in [0.4, 0.5) is 5.82 Å². The van der Waals surface area contributed by atoms with Gasteiger partial charge in [-0.2, -0.15) is 9.57 Å². The van der Waals surface area contributed by atoms with Gasteiger partial charge in [0.1, 0.15) is 11.9 Å². The summed E-state index contributed by atoms with van der Waals surface area (Å²) in [6, 6.07) is 11.9. The first-order valence-corrected chi connectivity index (χ1v) is 12.4. The Morgan fingerprint density at radius 3 is 2.44 bits per heavy atom. The molecule has 32 heavy (non-hydrogen) atoms. The molecule has 0 aliphatic carbocycles. The van der Waals surface area contributed by atoms with E-state index in [2.05, 4.69) is 11.1 Å². The highest BCUT2D eigenvalue weighted by Crippen LogP contribution is 2.26. The third-order valence-electron chi connectivity index (χ3n) is 6.22. The van der Waals surface area contributed by atoms with E-state index >= 15 is 0 Å². The highest BCUT2D eigenvalue weighted by atomic mass is 32.2. The second-order valence-electron chi connectivity index (χ2n) is 8.25. The molecule has 2 fully saturated rings. The van der Waals surface area contributed by atoms with Crippen molar-refractivity contribution in [3.05, 3.63) is 53.7 Å². The average molecular weight is 454 g/mol. The fraction of sp³-hybridized carbons (Fsp3) is 0.435. The van der Waals surface area contributed by atoms with Gasteiger partial charge in [0.15, 0.2) is 0 Å². The lowest BCUT2D eigenvalue weighted by atomic mass is 10.1. The third-order valence-corrected chi connectivity index (χ3v) is 8.25. The first-order chi connectivity index (χ1) is 15.4. The van der Waals surface area contributed by atoms with Gasteiger partial charge in [0, 0.05) is 50.5 Å². The van der Waals surface area contributed by atoms with Gasteiger partial charge in [0.25, 0.3) is 5.91 Å². The van der Waals surface area contributed by atoms with E-state index in [9.17, 15) is 18.5 Å². The summed E-state index contributed by atoms with van der Waals surface area (Å²) in [5.41, 5.74) is 0.992. The van der Waals surface area contributed by atoms with Crippen molar-refractivity contribution in [1.29, 1.82) is 5.26 Å². The molecule has 1 aromatic heterocycles. The molecule has 1 atom stereocenters. The van der Waals surface area contributed by atoms with Gasteiger partial charge < -0.3 is 9.80 Å². The molecule has 2 aromatic rings. The summed E-state index contributed by atoms with van der Waals surface area (Å²) in [7, 11) is -3.55. The molecule has 8 nitrogen and oxygen atoms in total. The Bertz CT molecular complexity index is 1120. The molecule has 1 amide bonds. The van der Waals surface area contributed by atoms with Crippen molar-refractivity contribution in [3.8, 4) is 6.07 Å². The van der Waals surface area contributed by atoms with Crippen LogP contribution in [-0.2, 0) is 10.0 Å². The zero-order valence-corrected chi connectivity index (χ0v) is 19.0. The number of sulfonamides is 1. The number of pyridine rings is 1. The normalized spacial score (nSPS) is 20.1. The molecule has 1 aromatic carbocycles. The van der Waals surface area contributed by atoms with E-state index in [4.69, 9.17) is 0 Å². The van der Waals surface area contributed by atoms with Crippen LogP contribution in [0.5, 0.6) is 0 Å². The number of piperidine rings is 1. The second-order valence-corrected chi connectivity index (χ2v) is 10.1. The van der Waals surface area contributed by atoms with E-state index in [0.717, 1.165) is 19.3 Å². The van der Waals surface area contributed by atoms with E-state index in [-0.39, 0.29) is 16.8 Å². The fourth-order valence-electron chi connectivity index (χ4n) is 4.37. The molecule has 0 bridgehead atoms. The largest absolute Gasteiger partial charge is 0.352 e. The van der Waals surface area contributed by atoms with Crippen molar-refractivity contribution in [1.82, 2.24) is 14.2 Å². The molecule has 4 rings (SSSR count). The van der Waals surface area contributed by atoms with Gasteiger partial charge in [-0.1, -0.05) is 6.42 Å². The summed E-state index contributed by atoms with van der Waals surface area (Å²) >= 11 is 0. The van der Waals surface area contributed by atoms with Crippen LogP contribution in [0.25, 0.3) is 0 Å². The van der Waals surface area contributed by atoms with Crippen molar-refractivity contribution in [2.75, 3.05) is 37.6 Å². The molecular weight excluding hydrogens is 426 g/mol. The maximum Gasteiger partial charge on any atom is 0.253 e. The molecule has 0 N–H and O–H groups in total. The standard InChI is InChI=1S/C23H27N5O3S/c1-18-5-2-3-12-28(18)32(30,31)21-9-7-19(8-10-21)23(29)27-15-13-26(14-16-27)22-20(17-24)6-4-11-25-22/h4,6-11,18H,2-3,5,12-16H2,1H3. The van der Waals surface area contributed by atoms with E-state index < -0.39 is 10.0 Å². The van der Waals surface area contributed by atoms with Gasteiger partial charge in [-0.3, -0.25) is 4.79 Å². The summed E-state index contributed by atoms with van der Waals surface area (Å²) in [5.74, 6) is 0.519. The summed E-state index contributed by atoms with van der Waals surface area (Å²) in [5, 5.41) is 9.29. The molecule has 2 saturated heterocycles. The lowest BCUT2D eigenvalue weighted by Gasteiger charge is -2.35. The first-order valence-electron chi connectivity index (χ1n) is 10.9. The molecule has 0 radical (unpaired) electrons. The number of hydrogen-bond acceptors (Lipinski definition) is 6. The van der Waals surface area contributed by atoms with Crippen molar-refractivity contribution in [2.45, 2.75) is 37.1 Å². The molecule has 3 heterocycles. The average Bonchev–Trinajstić information content (AvgIpc) is 2.84. The monoisotopic (exact) mass is 453 g/mol. The summed E-state index contributed by atoms with van der Waals surface area (Å²) < 4.78 is 27.6. The van der Waals surface area contributed by atoms with E-state index in [1.807, 2.05) is 11.8 Å². The van der Waals surface area contributed by atoms with Crippen LogP contribution in [-0.4, -0.2) is 67.3 Å². The lowest BCUT2D eigenvalue weighted by Crippen LogP contribution is -2.49. The van der Waals surface area contributed by atoms with E-state index in [1.165, 1.54) is 12.1 Å². The van der Waals surface area contributed by atoms with E-state index in [1.54, 1.807) is 39.7 Å². The summed E-state index contributed by atoms with van der Waals surface area (Å²) in [6.07, 6.45) is 4.45. The van der Waals surface area contributed by atoms with Crippen molar-refractivity contribution >= 4 is 21.7 Å². The maximum absolute atomic E-state index is 13.0. The number of aromatic nitrogens is 1. The highest BCUT2D eigenvalue weighted by molar-refractivity contribution is 7.89. The maximum atomic E-state index is 13.0. The number of anilines is 1. The topological polar surface area (TPSA) is 97.6 Å². The van der Waals surface area contributed by atoms with Gasteiger partial charge in [0.2, 0.25) is 10.0 Å². The van der Waals surface area contributed by atoms with Gasteiger partial charge in [-0.05, 0) is 56.2 Å². The second kappa shape index (κ2) is 9.27. The van der Waals surface area contributed by atoms with Crippen LogP contribution in [0, 0.1) is 11.3 Å². The van der Waals surface area contributed by atoms with Gasteiger partial charge >= 0.3 is 0 Å². The fourth-order valence-corrected chi connectivity index (χ4v) is 6.07. The molecular formula is C23H27N5O3S. The Balaban J connectivity index is 1.42. The summed E-state index contributed by atoms with van der Waals surface area (Å²) in [4.78, 5) is 21.3. The summed E-state index contributed by atoms with van der Waals surface area (Å²) in [6.45, 7) is 4.65. The predicted octanol–water partition coefficient (Wildman–Crippen LogP) is 2.48. The quantitative estimate of drug-likeness (QED) is 0.705. The Morgan fingerprint density at radius 1 is 1.06 bits per heavy atom. The van der Waals surface area contributed by atoms with Crippen LogP contribution in [0.2, 0.25) is 0 Å². The Hall–Kier alpha value is -2.96. The van der Waals surface area contributed by atoms with E-state index in [0.29, 0.717) is 49.7 Å². The van der Waals surface area contributed by atoms with Crippen molar-refractivity contribution in [3.63, 3.8) is 0 Å². The van der Waals surface area contributed by atoms with Crippen LogP contribution < -0.4 is 4.90 Å². The Kier molecular flexibility index (Phi) is 6.44. The smallest absolute Gasteiger partial charge is 0.253 e. The number of benzene rings is 1. The number of piperazine rings is 1. The minimum absolute atomic E-state index is 0.00740.